The molecule has 0 radical (unpaired) electrons. The van der Waals surface area contributed by atoms with Crippen LogP contribution in [0.3, 0.4) is 0 Å². The van der Waals surface area contributed by atoms with Gasteiger partial charge in [0.2, 0.25) is 5.95 Å². The van der Waals surface area contributed by atoms with E-state index in [2.05, 4.69) is 25.5 Å². The Morgan fingerprint density at radius 3 is 2.82 bits per heavy atom. The SMILES string of the molecule is CC1=Cc2c(ccc(Nc3ccnc(Nc4cccc(C(=O)CCCN(C)C)c4)n3)c2F)C1. The molecule has 1 aliphatic rings. The first-order valence-electron chi connectivity index (χ1n) is 11.0. The summed E-state index contributed by atoms with van der Waals surface area (Å²) in [7, 11) is 3.99. The molecule has 6 nitrogen and oxygen atoms in total. The number of nitrogens with zero attached hydrogens (tertiary/aromatic N) is 3. The molecular formula is C26H28FN5O. The van der Waals surface area contributed by atoms with Crippen LogP contribution >= 0.6 is 0 Å². The molecule has 7 heteroatoms. The van der Waals surface area contributed by atoms with E-state index in [1.54, 1.807) is 24.4 Å². The maximum atomic E-state index is 14.9. The normalized spacial score (nSPS) is 12.5. The Labute approximate surface area is 193 Å². The molecule has 1 aromatic heterocycles. The van der Waals surface area contributed by atoms with E-state index in [1.807, 2.05) is 51.4 Å². The fourth-order valence-electron chi connectivity index (χ4n) is 3.86. The molecule has 0 amide bonds. The summed E-state index contributed by atoms with van der Waals surface area (Å²) in [6.07, 6.45) is 5.58. The molecule has 0 saturated heterocycles. The Balaban J connectivity index is 1.45. The van der Waals surface area contributed by atoms with Crippen molar-refractivity contribution in [3.63, 3.8) is 0 Å². The highest BCUT2D eigenvalue weighted by Gasteiger charge is 2.17. The monoisotopic (exact) mass is 445 g/mol. The number of benzene rings is 2. The Morgan fingerprint density at radius 2 is 2.00 bits per heavy atom. The third-order valence-corrected chi connectivity index (χ3v) is 5.50. The zero-order chi connectivity index (χ0) is 23.4. The van der Waals surface area contributed by atoms with Gasteiger partial charge in [-0.2, -0.15) is 4.98 Å². The molecule has 2 aromatic carbocycles. The lowest BCUT2D eigenvalue weighted by Gasteiger charge is -2.12. The first kappa shape index (κ1) is 22.6. The largest absolute Gasteiger partial charge is 0.338 e. The Kier molecular flexibility index (Phi) is 6.79. The number of carbonyl (C=O) groups excluding carboxylic acids is 1. The smallest absolute Gasteiger partial charge is 0.229 e. The lowest BCUT2D eigenvalue weighted by molar-refractivity contribution is 0.0977. The van der Waals surface area contributed by atoms with Crippen molar-refractivity contribution in [2.75, 3.05) is 31.3 Å². The van der Waals surface area contributed by atoms with E-state index in [-0.39, 0.29) is 11.6 Å². The van der Waals surface area contributed by atoms with E-state index < -0.39 is 0 Å². The average Bonchev–Trinajstić information content (AvgIpc) is 3.17. The van der Waals surface area contributed by atoms with E-state index in [4.69, 9.17) is 0 Å². The van der Waals surface area contributed by atoms with Gasteiger partial charge in [0, 0.05) is 29.4 Å². The molecule has 0 fully saturated rings. The average molecular weight is 446 g/mol. The van der Waals surface area contributed by atoms with Crippen molar-refractivity contribution in [1.82, 2.24) is 14.9 Å². The molecule has 1 heterocycles. The number of fused-ring (bicyclic) bond motifs is 1. The van der Waals surface area contributed by atoms with Gasteiger partial charge in [-0.25, -0.2) is 9.37 Å². The second-order valence-electron chi connectivity index (χ2n) is 8.59. The van der Waals surface area contributed by atoms with Gasteiger partial charge in [-0.15, -0.1) is 0 Å². The first-order valence-corrected chi connectivity index (χ1v) is 11.0. The van der Waals surface area contributed by atoms with E-state index in [9.17, 15) is 9.18 Å². The van der Waals surface area contributed by atoms with E-state index in [1.165, 1.54) is 0 Å². The van der Waals surface area contributed by atoms with Crippen LogP contribution in [0.4, 0.5) is 27.5 Å². The number of allylic oxidation sites excluding steroid dienone is 1. The van der Waals surface area contributed by atoms with Crippen molar-refractivity contribution in [2.45, 2.75) is 26.2 Å². The maximum absolute atomic E-state index is 14.9. The van der Waals surface area contributed by atoms with Crippen molar-refractivity contribution in [3.05, 3.63) is 76.7 Å². The summed E-state index contributed by atoms with van der Waals surface area (Å²) in [6, 6.07) is 12.7. The van der Waals surface area contributed by atoms with Gasteiger partial charge in [-0.1, -0.05) is 29.8 Å². The summed E-state index contributed by atoms with van der Waals surface area (Å²) in [5.41, 5.74) is 4.52. The van der Waals surface area contributed by atoms with Gasteiger partial charge in [-0.05, 0) is 70.2 Å². The Bertz CT molecular complexity index is 1210. The standard InChI is InChI=1S/C26H28FN5O/c1-17-14-18-9-10-22(25(27)21(18)15-17)30-24-11-12-28-26(31-24)29-20-7-4-6-19(16-20)23(33)8-5-13-32(2)3/h4,6-7,9-12,15-16H,5,8,13-14H2,1-3H3,(H2,28,29,30,31). The molecule has 0 aliphatic heterocycles. The molecule has 0 saturated carbocycles. The first-order chi connectivity index (χ1) is 15.9. The molecule has 170 valence electrons. The number of aromatic nitrogens is 2. The minimum atomic E-state index is -0.280. The molecule has 3 aromatic rings. The molecule has 33 heavy (non-hydrogen) atoms. The Morgan fingerprint density at radius 1 is 1.15 bits per heavy atom. The fourth-order valence-corrected chi connectivity index (χ4v) is 3.86. The van der Waals surface area contributed by atoms with Gasteiger partial charge in [0.15, 0.2) is 11.6 Å². The number of ketones is 1. The maximum Gasteiger partial charge on any atom is 0.229 e. The lowest BCUT2D eigenvalue weighted by Crippen LogP contribution is -2.14. The van der Waals surface area contributed by atoms with Gasteiger partial charge in [0.1, 0.15) is 5.82 Å². The lowest BCUT2D eigenvalue weighted by atomic mass is 10.1. The Hall–Kier alpha value is -3.58. The van der Waals surface area contributed by atoms with Crippen LogP contribution in [0.1, 0.15) is 41.3 Å². The van der Waals surface area contributed by atoms with Gasteiger partial charge in [0.25, 0.3) is 0 Å². The zero-order valence-electron chi connectivity index (χ0n) is 19.2. The second-order valence-corrected chi connectivity index (χ2v) is 8.59. The molecule has 2 N–H and O–H groups in total. The predicted molar refractivity (Wildman–Crippen MR) is 131 cm³/mol. The van der Waals surface area contributed by atoms with Crippen LogP contribution in [-0.2, 0) is 6.42 Å². The van der Waals surface area contributed by atoms with Crippen molar-refractivity contribution >= 4 is 35.0 Å². The number of carbonyl (C=O) groups is 1. The van der Waals surface area contributed by atoms with Crippen LogP contribution in [0.5, 0.6) is 0 Å². The summed E-state index contributed by atoms with van der Waals surface area (Å²) < 4.78 is 14.9. The quantitative estimate of drug-likeness (QED) is 0.419. The number of anilines is 4. The van der Waals surface area contributed by atoms with E-state index in [0.29, 0.717) is 35.0 Å². The number of halogens is 1. The van der Waals surface area contributed by atoms with Crippen LogP contribution in [-0.4, -0.2) is 41.3 Å². The second kappa shape index (κ2) is 9.92. The minimum Gasteiger partial charge on any atom is -0.338 e. The van der Waals surface area contributed by atoms with Crippen LogP contribution < -0.4 is 10.6 Å². The highest BCUT2D eigenvalue weighted by Crippen LogP contribution is 2.32. The summed E-state index contributed by atoms with van der Waals surface area (Å²) in [4.78, 5) is 23.3. The summed E-state index contributed by atoms with van der Waals surface area (Å²) in [5, 5.41) is 6.19. The van der Waals surface area contributed by atoms with Crippen molar-refractivity contribution in [3.8, 4) is 0 Å². The number of Topliss-reactive ketones (excluding diaryl/α,β-unsaturated/α-hetero) is 1. The third kappa shape index (κ3) is 5.62. The third-order valence-electron chi connectivity index (χ3n) is 5.50. The van der Waals surface area contributed by atoms with Crippen molar-refractivity contribution in [2.24, 2.45) is 0 Å². The molecule has 0 spiro atoms. The molecule has 0 bridgehead atoms. The summed E-state index contributed by atoms with van der Waals surface area (Å²) in [5.74, 6) is 0.654. The van der Waals surface area contributed by atoms with E-state index in [0.717, 1.165) is 36.2 Å². The van der Waals surface area contributed by atoms with Crippen LogP contribution in [0.2, 0.25) is 0 Å². The predicted octanol–water partition coefficient (Wildman–Crippen LogP) is 5.59. The molecule has 0 atom stereocenters. The number of rotatable bonds is 9. The molecular weight excluding hydrogens is 417 g/mol. The minimum absolute atomic E-state index is 0.105. The fraction of sp³-hybridized carbons (Fsp3) is 0.269. The van der Waals surface area contributed by atoms with Crippen molar-refractivity contribution in [1.29, 1.82) is 0 Å². The molecule has 1 aliphatic carbocycles. The van der Waals surface area contributed by atoms with Gasteiger partial charge in [0.05, 0.1) is 5.69 Å². The van der Waals surface area contributed by atoms with Gasteiger partial charge < -0.3 is 15.5 Å². The van der Waals surface area contributed by atoms with Crippen LogP contribution in [0.15, 0.2) is 54.2 Å². The zero-order valence-corrected chi connectivity index (χ0v) is 19.2. The van der Waals surface area contributed by atoms with Crippen LogP contribution in [0, 0.1) is 5.82 Å². The van der Waals surface area contributed by atoms with Gasteiger partial charge >= 0.3 is 0 Å². The summed E-state index contributed by atoms with van der Waals surface area (Å²) >= 11 is 0. The summed E-state index contributed by atoms with van der Waals surface area (Å²) in [6.45, 7) is 2.87. The number of hydrogen-bond donors (Lipinski definition) is 2. The van der Waals surface area contributed by atoms with Crippen molar-refractivity contribution < 1.29 is 9.18 Å². The topological polar surface area (TPSA) is 70.2 Å². The van der Waals surface area contributed by atoms with Crippen LogP contribution in [0.25, 0.3) is 6.08 Å². The highest BCUT2D eigenvalue weighted by atomic mass is 19.1. The number of nitrogens with one attached hydrogen (secondary N) is 2. The molecule has 0 unspecified atom stereocenters. The van der Waals surface area contributed by atoms with E-state index >= 15 is 0 Å². The highest BCUT2D eigenvalue weighted by molar-refractivity contribution is 5.97. The molecule has 4 rings (SSSR count). The van der Waals surface area contributed by atoms with Gasteiger partial charge in [-0.3, -0.25) is 4.79 Å². The number of hydrogen-bond acceptors (Lipinski definition) is 6.